The minimum absolute atomic E-state index is 0.0256. The molecule has 0 radical (unpaired) electrons. The van der Waals surface area contributed by atoms with Crippen molar-refractivity contribution in [3.8, 4) is 6.07 Å². The number of thiophene rings is 1. The summed E-state index contributed by atoms with van der Waals surface area (Å²) in [6.07, 6.45) is 2.92. The monoisotopic (exact) mass is 366 g/mol. The zero-order chi connectivity index (χ0) is 17.6. The maximum Gasteiger partial charge on any atom is 0.282 e. The number of hydrazone groups is 1. The van der Waals surface area contributed by atoms with Gasteiger partial charge in [0.25, 0.3) is 5.91 Å². The van der Waals surface area contributed by atoms with Gasteiger partial charge in [0, 0.05) is 15.8 Å². The minimum Gasteiger partial charge on any atom is -0.267 e. The first-order chi connectivity index (χ1) is 12.2. The van der Waals surface area contributed by atoms with Crippen LogP contribution < -0.4 is 5.43 Å². The Balaban J connectivity index is 1.75. The first-order valence-corrected chi connectivity index (χ1v) is 8.47. The van der Waals surface area contributed by atoms with Gasteiger partial charge < -0.3 is 0 Å². The number of rotatable bonds is 4. The summed E-state index contributed by atoms with van der Waals surface area (Å²) in [7, 11) is 0. The van der Waals surface area contributed by atoms with Crippen LogP contribution in [0.1, 0.15) is 10.4 Å². The van der Waals surface area contributed by atoms with E-state index in [1.54, 1.807) is 0 Å². The van der Waals surface area contributed by atoms with Gasteiger partial charge in [0.05, 0.1) is 11.7 Å². The van der Waals surface area contributed by atoms with Crippen molar-refractivity contribution >= 4 is 52.0 Å². The van der Waals surface area contributed by atoms with Crippen molar-refractivity contribution in [3.63, 3.8) is 0 Å². The second-order valence-corrected chi connectivity index (χ2v) is 6.28. The van der Waals surface area contributed by atoms with Crippen molar-refractivity contribution in [2.75, 3.05) is 0 Å². The predicted octanol–water partition coefficient (Wildman–Crippen LogP) is 4.01. The molecule has 3 aromatic rings. The highest BCUT2D eigenvalue weighted by Crippen LogP contribution is 2.19. The Labute approximate surface area is 152 Å². The fraction of sp³-hybridized carbons (Fsp3) is 0. The third kappa shape index (κ3) is 4.10. The summed E-state index contributed by atoms with van der Waals surface area (Å²) in [6.45, 7) is 0. The number of carbonyl (C=O) groups is 1. The van der Waals surface area contributed by atoms with Crippen LogP contribution in [-0.2, 0) is 4.79 Å². The Morgan fingerprint density at radius 2 is 2.16 bits per heavy atom. The van der Waals surface area contributed by atoms with Crippen LogP contribution in [0, 0.1) is 11.3 Å². The van der Waals surface area contributed by atoms with E-state index in [0.29, 0.717) is 5.56 Å². The molecule has 0 aliphatic heterocycles. The highest BCUT2D eigenvalue weighted by atomic mass is 35.5. The minimum atomic E-state index is -0.586. The smallest absolute Gasteiger partial charge is 0.267 e. The third-order valence-corrected chi connectivity index (χ3v) is 4.39. The molecule has 25 heavy (non-hydrogen) atoms. The number of fused-ring (bicyclic) bond motifs is 1. The molecule has 0 bridgehead atoms. The summed E-state index contributed by atoms with van der Waals surface area (Å²) in [5.74, 6) is -0.586. The maximum atomic E-state index is 12.0. The molecule has 0 spiro atoms. The molecule has 0 saturated heterocycles. The number of para-hydroxylation sites is 1. The Bertz CT molecular complexity index is 1020. The molecule has 0 unspecified atom stereocenters. The van der Waals surface area contributed by atoms with E-state index >= 15 is 0 Å². The lowest BCUT2D eigenvalue weighted by Gasteiger charge is -2.02. The van der Waals surface area contributed by atoms with E-state index in [9.17, 15) is 4.79 Å². The molecule has 2 aromatic heterocycles. The zero-order valence-corrected chi connectivity index (χ0v) is 14.4. The molecule has 0 fully saturated rings. The number of hydrogen-bond acceptors (Lipinski definition) is 5. The Hall–Kier alpha value is -3.01. The van der Waals surface area contributed by atoms with Gasteiger partial charge in [-0.15, -0.1) is 11.3 Å². The van der Waals surface area contributed by atoms with Gasteiger partial charge in [-0.25, -0.2) is 10.4 Å². The number of amides is 1. The lowest BCUT2D eigenvalue weighted by Crippen LogP contribution is -2.19. The number of nitriles is 1. The second kappa shape index (κ2) is 7.71. The summed E-state index contributed by atoms with van der Waals surface area (Å²) < 4.78 is 0. The average Bonchev–Trinajstić information content (AvgIpc) is 3.13. The SMILES string of the molecule is N#C/C(=C/c1cccs1)C(=O)N/N=C/c1cc2ccccc2nc1Cl. The number of pyridine rings is 1. The first kappa shape index (κ1) is 16.8. The molecule has 1 N–H and O–H groups in total. The number of benzene rings is 1. The second-order valence-electron chi connectivity index (χ2n) is 4.95. The van der Waals surface area contributed by atoms with Crippen LogP contribution >= 0.6 is 22.9 Å². The van der Waals surface area contributed by atoms with Crippen molar-refractivity contribution in [2.45, 2.75) is 0 Å². The van der Waals surface area contributed by atoms with Crippen molar-refractivity contribution in [1.82, 2.24) is 10.4 Å². The lowest BCUT2D eigenvalue weighted by molar-refractivity contribution is -0.117. The van der Waals surface area contributed by atoms with Gasteiger partial charge in [-0.3, -0.25) is 4.79 Å². The van der Waals surface area contributed by atoms with E-state index in [2.05, 4.69) is 15.5 Å². The molecule has 3 rings (SSSR count). The summed E-state index contributed by atoms with van der Waals surface area (Å²) in [6, 6.07) is 14.9. The molecular formula is C18H11ClN4OS. The lowest BCUT2D eigenvalue weighted by atomic mass is 10.2. The Morgan fingerprint density at radius 1 is 1.32 bits per heavy atom. The number of hydrogen-bond donors (Lipinski definition) is 1. The fourth-order valence-corrected chi connectivity index (χ4v) is 2.94. The fourth-order valence-electron chi connectivity index (χ4n) is 2.08. The number of carbonyl (C=O) groups excluding carboxylic acids is 1. The van der Waals surface area contributed by atoms with Crippen molar-refractivity contribution in [1.29, 1.82) is 5.26 Å². The Kier molecular flexibility index (Phi) is 5.19. The van der Waals surface area contributed by atoms with Gasteiger partial charge in [-0.2, -0.15) is 10.4 Å². The van der Waals surface area contributed by atoms with Crippen LogP contribution in [0.3, 0.4) is 0 Å². The molecule has 2 heterocycles. The topological polar surface area (TPSA) is 78.1 Å². The van der Waals surface area contributed by atoms with E-state index in [4.69, 9.17) is 16.9 Å². The van der Waals surface area contributed by atoms with Crippen LogP contribution in [0.5, 0.6) is 0 Å². The predicted molar refractivity (Wildman–Crippen MR) is 100 cm³/mol. The van der Waals surface area contributed by atoms with Gasteiger partial charge in [0.2, 0.25) is 0 Å². The van der Waals surface area contributed by atoms with Crippen molar-refractivity contribution in [2.24, 2.45) is 5.10 Å². The Morgan fingerprint density at radius 3 is 2.92 bits per heavy atom. The molecule has 7 heteroatoms. The molecule has 122 valence electrons. The van der Waals surface area contributed by atoms with Crippen molar-refractivity contribution in [3.05, 3.63) is 69.0 Å². The van der Waals surface area contributed by atoms with Crippen LogP contribution in [0.4, 0.5) is 0 Å². The molecule has 0 saturated carbocycles. The van der Waals surface area contributed by atoms with E-state index in [1.807, 2.05) is 53.9 Å². The molecular weight excluding hydrogens is 356 g/mol. The summed E-state index contributed by atoms with van der Waals surface area (Å²) in [5, 5.41) is 16.0. The van der Waals surface area contributed by atoms with E-state index in [0.717, 1.165) is 15.8 Å². The highest BCUT2D eigenvalue weighted by Gasteiger charge is 2.08. The van der Waals surface area contributed by atoms with E-state index < -0.39 is 5.91 Å². The van der Waals surface area contributed by atoms with E-state index in [1.165, 1.54) is 23.6 Å². The standard InChI is InChI=1S/C18H11ClN4OS/c19-17-14(8-12-4-1-2-6-16(12)22-17)11-21-23-18(24)13(10-20)9-15-5-3-7-25-15/h1-9,11H,(H,23,24)/b13-9-,21-11+. The number of nitrogens with one attached hydrogen (secondary N) is 1. The van der Waals surface area contributed by atoms with Crippen LogP contribution in [0.25, 0.3) is 17.0 Å². The average molecular weight is 367 g/mol. The molecule has 5 nitrogen and oxygen atoms in total. The van der Waals surface area contributed by atoms with E-state index in [-0.39, 0.29) is 10.7 Å². The molecule has 0 aliphatic carbocycles. The molecule has 0 aliphatic rings. The summed E-state index contributed by atoms with van der Waals surface area (Å²) in [5.41, 5.74) is 3.65. The molecule has 1 amide bonds. The third-order valence-electron chi connectivity index (χ3n) is 3.27. The van der Waals surface area contributed by atoms with Gasteiger partial charge >= 0.3 is 0 Å². The largest absolute Gasteiger partial charge is 0.282 e. The van der Waals surface area contributed by atoms with Crippen LogP contribution in [0.15, 0.2) is 58.5 Å². The number of nitrogens with zero attached hydrogens (tertiary/aromatic N) is 3. The molecule has 1 aromatic carbocycles. The first-order valence-electron chi connectivity index (χ1n) is 7.21. The number of halogens is 1. The normalized spacial score (nSPS) is 11.6. The van der Waals surface area contributed by atoms with Gasteiger partial charge in [-0.05, 0) is 29.7 Å². The van der Waals surface area contributed by atoms with Crippen molar-refractivity contribution < 1.29 is 4.79 Å². The van der Waals surface area contributed by atoms with Gasteiger partial charge in [0.15, 0.2) is 0 Å². The summed E-state index contributed by atoms with van der Waals surface area (Å²) >= 11 is 7.56. The zero-order valence-electron chi connectivity index (χ0n) is 12.8. The quantitative estimate of drug-likeness (QED) is 0.249. The molecule has 0 atom stereocenters. The van der Waals surface area contributed by atoms with Crippen LogP contribution in [0.2, 0.25) is 5.15 Å². The number of aromatic nitrogens is 1. The van der Waals surface area contributed by atoms with Gasteiger partial charge in [0.1, 0.15) is 16.8 Å². The summed E-state index contributed by atoms with van der Waals surface area (Å²) in [4.78, 5) is 17.1. The maximum absolute atomic E-state index is 12.0. The van der Waals surface area contributed by atoms with Crippen LogP contribution in [-0.4, -0.2) is 17.1 Å². The highest BCUT2D eigenvalue weighted by molar-refractivity contribution is 7.10. The van der Waals surface area contributed by atoms with Gasteiger partial charge in [-0.1, -0.05) is 35.9 Å².